The minimum absolute atomic E-state index is 0.0686. The van der Waals surface area contributed by atoms with Gasteiger partial charge >= 0.3 is 11.8 Å². The van der Waals surface area contributed by atoms with E-state index in [2.05, 4.69) is 14.9 Å². The number of carbonyl (C=O) groups is 1. The van der Waals surface area contributed by atoms with Crippen LogP contribution in [0.1, 0.15) is 46.0 Å². The molecule has 3 aromatic rings. The second-order valence-corrected chi connectivity index (χ2v) is 10.6. The molecule has 0 radical (unpaired) electrons. The van der Waals surface area contributed by atoms with Crippen LogP contribution in [0.3, 0.4) is 0 Å². The lowest BCUT2D eigenvalue weighted by Crippen LogP contribution is -2.35. The van der Waals surface area contributed by atoms with Crippen LogP contribution < -0.4 is 4.72 Å². The molecule has 1 aromatic carbocycles. The number of sulfonamides is 1. The van der Waals surface area contributed by atoms with Gasteiger partial charge in [0.05, 0.1) is 10.6 Å². The van der Waals surface area contributed by atoms with E-state index in [0.29, 0.717) is 28.5 Å². The summed E-state index contributed by atoms with van der Waals surface area (Å²) in [6.07, 6.45) is 3.04. The van der Waals surface area contributed by atoms with Gasteiger partial charge in [-0.3, -0.25) is 9.52 Å². The third-order valence-corrected chi connectivity index (χ3v) is 7.92. The van der Waals surface area contributed by atoms with Crippen molar-refractivity contribution in [1.29, 1.82) is 0 Å². The van der Waals surface area contributed by atoms with Crippen molar-refractivity contribution in [1.82, 2.24) is 15.1 Å². The van der Waals surface area contributed by atoms with E-state index in [-0.39, 0.29) is 22.6 Å². The van der Waals surface area contributed by atoms with Crippen LogP contribution >= 0.6 is 11.3 Å². The van der Waals surface area contributed by atoms with Crippen LogP contribution in [0.2, 0.25) is 0 Å². The molecule has 1 N–H and O–H groups in total. The molecule has 0 aliphatic carbocycles. The summed E-state index contributed by atoms with van der Waals surface area (Å²) in [6.45, 7) is 6.84. The molecule has 31 heavy (non-hydrogen) atoms. The van der Waals surface area contributed by atoms with Crippen molar-refractivity contribution < 1.29 is 17.6 Å². The standard InChI is InChI=1S/C21H24N4O4S2/c1-13-7-8-14(2)16(11-13)24-31(27,28)18-12-17(30-15(18)3)19-22-23-20(29-19)21(26)25-9-5-4-6-10-25/h7-8,11-12,24H,4-6,9-10H2,1-3H3. The van der Waals surface area contributed by atoms with Gasteiger partial charge in [-0.15, -0.1) is 21.5 Å². The number of nitrogens with zero attached hydrogens (tertiary/aromatic N) is 3. The Bertz CT molecular complexity index is 1220. The van der Waals surface area contributed by atoms with Gasteiger partial charge in [0.2, 0.25) is 0 Å². The normalized spacial score (nSPS) is 14.6. The van der Waals surface area contributed by atoms with Crippen molar-refractivity contribution in [3.05, 3.63) is 46.2 Å². The van der Waals surface area contributed by atoms with Crippen LogP contribution in [-0.4, -0.2) is 42.5 Å². The van der Waals surface area contributed by atoms with Crippen molar-refractivity contribution in [3.8, 4) is 10.8 Å². The number of hydrogen-bond donors (Lipinski definition) is 1. The Hall–Kier alpha value is -2.72. The van der Waals surface area contributed by atoms with Crippen LogP contribution in [0.5, 0.6) is 0 Å². The van der Waals surface area contributed by atoms with Gasteiger partial charge in [0.15, 0.2) is 0 Å². The molecule has 0 atom stereocenters. The van der Waals surface area contributed by atoms with Gasteiger partial charge in [-0.1, -0.05) is 12.1 Å². The van der Waals surface area contributed by atoms with E-state index in [1.165, 1.54) is 17.4 Å². The highest BCUT2D eigenvalue weighted by Crippen LogP contribution is 2.34. The van der Waals surface area contributed by atoms with Crippen molar-refractivity contribution in [2.45, 2.75) is 44.9 Å². The van der Waals surface area contributed by atoms with Gasteiger partial charge in [-0.05, 0) is 63.3 Å². The van der Waals surface area contributed by atoms with Crippen molar-refractivity contribution in [2.24, 2.45) is 0 Å². The van der Waals surface area contributed by atoms with Crippen molar-refractivity contribution in [3.63, 3.8) is 0 Å². The van der Waals surface area contributed by atoms with E-state index in [0.717, 1.165) is 30.4 Å². The predicted octanol–water partition coefficient (Wildman–Crippen LogP) is 4.15. The summed E-state index contributed by atoms with van der Waals surface area (Å²) in [4.78, 5) is 15.5. The van der Waals surface area contributed by atoms with Gasteiger partial charge in [0.25, 0.3) is 15.9 Å². The average Bonchev–Trinajstić information content (AvgIpc) is 3.38. The first-order chi connectivity index (χ1) is 14.7. The Kier molecular flexibility index (Phi) is 5.85. The molecule has 8 nitrogen and oxygen atoms in total. The summed E-state index contributed by atoms with van der Waals surface area (Å²) in [5.41, 5.74) is 2.34. The first-order valence-electron chi connectivity index (χ1n) is 10.1. The SMILES string of the molecule is Cc1ccc(C)c(NS(=O)(=O)c2cc(-c3nnc(C(=O)N4CCCCC4)o3)sc2C)c1. The lowest BCUT2D eigenvalue weighted by molar-refractivity contribution is 0.0684. The zero-order chi connectivity index (χ0) is 22.2. The molecule has 2 aromatic heterocycles. The molecule has 1 saturated heterocycles. The Balaban J connectivity index is 1.58. The van der Waals surface area contributed by atoms with Crippen LogP contribution in [-0.2, 0) is 10.0 Å². The van der Waals surface area contributed by atoms with Crippen LogP contribution in [0.25, 0.3) is 10.8 Å². The molecule has 0 saturated carbocycles. The highest BCUT2D eigenvalue weighted by atomic mass is 32.2. The van der Waals surface area contributed by atoms with Crippen LogP contribution in [0.15, 0.2) is 33.6 Å². The maximum absolute atomic E-state index is 13.0. The third-order valence-electron chi connectivity index (χ3n) is 5.26. The van der Waals surface area contributed by atoms with Crippen LogP contribution in [0.4, 0.5) is 5.69 Å². The smallest absolute Gasteiger partial charge is 0.311 e. The minimum atomic E-state index is -3.80. The van der Waals surface area contributed by atoms with Gasteiger partial charge < -0.3 is 9.32 Å². The first kappa shape index (κ1) is 21.5. The molecular weight excluding hydrogens is 436 g/mol. The number of anilines is 1. The van der Waals surface area contributed by atoms with E-state index in [1.54, 1.807) is 17.9 Å². The van der Waals surface area contributed by atoms with E-state index < -0.39 is 10.0 Å². The summed E-state index contributed by atoms with van der Waals surface area (Å²) in [7, 11) is -3.80. The molecule has 4 rings (SSSR count). The fraction of sp³-hybridized carbons (Fsp3) is 0.381. The molecule has 1 aliphatic rings. The number of likely N-dealkylation sites (tertiary alicyclic amines) is 1. The Morgan fingerprint density at radius 3 is 2.58 bits per heavy atom. The van der Waals surface area contributed by atoms with Gasteiger partial charge in [0, 0.05) is 18.0 Å². The fourth-order valence-electron chi connectivity index (χ4n) is 3.52. The van der Waals surface area contributed by atoms with Crippen molar-refractivity contribution >= 4 is 33.0 Å². The molecule has 3 heterocycles. The second kappa shape index (κ2) is 8.43. The van der Waals surface area contributed by atoms with E-state index in [1.807, 2.05) is 26.0 Å². The first-order valence-corrected chi connectivity index (χ1v) is 12.4. The zero-order valence-corrected chi connectivity index (χ0v) is 19.3. The minimum Gasteiger partial charge on any atom is -0.411 e. The Labute approximate surface area is 185 Å². The quantitative estimate of drug-likeness (QED) is 0.613. The van der Waals surface area contributed by atoms with Gasteiger partial charge in [-0.2, -0.15) is 0 Å². The number of rotatable bonds is 5. The number of benzene rings is 1. The number of amides is 1. The average molecular weight is 461 g/mol. The van der Waals surface area contributed by atoms with E-state index in [9.17, 15) is 13.2 Å². The Morgan fingerprint density at radius 1 is 1.10 bits per heavy atom. The maximum Gasteiger partial charge on any atom is 0.311 e. The lowest BCUT2D eigenvalue weighted by atomic mass is 10.1. The molecule has 164 valence electrons. The van der Waals surface area contributed by atoms with E-state index >= 15 is 0 Å². The highest BCUT2D eigenvalue weighted by molar-refractivity contribution is 7.93. The monoisotopic (exact) mass is 460 g/mol. The summed E-state index contributed by atoms with van der Waals surface area (Å²) in [6, 6.07) is 7.11. The molecule has 1 fully saturated rings. The number of aromatic nitrogens is 2. The zero-order valence-electron chi connectivity index (χ0n) is 17.6. The van der Waals surface area contributed by atoms with Gasteiger partial charge in [-0.25, -0.2) is 8.42 Å². The van der Waals surface area contributed by atoms with Crippen molar-refractivity contribution in [2.75, 3.05) is 17.8 Å². The summed E-state index contributed by atoms with van der Waals surface area (Å²) in [5, 5.41) is 7.87. The number of nitrogens with one attached hydrogen (secondary N) is 1. The number of carbonyl (C=O) groups excluding carboxylic acids is 1. The molecule has 1 amide bonds. The van der Waals surface area contributed by atoms with Crippen LogP contribution in [0, 0.1) is 20.8 Å². The third kappa shape index (κ3) is 4.49. The predicted molar refractivity (Wildman–Crippen MR) is 119 cm³/mol. The number of hydrogen-bond acceptors (Lipinski definition) is 7. The lowest BCUT2D eigenvalue weighted by Gasteiger charge is -2.24. The maximum atomic E-state index is 13.0. The number of thiophene rings is 1. The Morgan fingerprint density at radius 2 is 1.84 bits per heavy atom. The molecule has 0 spiro atoms. The number of piperidine rings is 1. The molecule has 1 aliphatic heterocycles. The largest absolute Gasteiger partial charge is 0.411 e. The number of aryl methyl sites for hydroxylation is 3. The molecular formula is C21H24N4O4S2. The second-order valence-electron chi connectivity index (χ2n) is 7.72. The summed E-state index contributed by atoms with van der Waals surface area (Å²) in [5.74, 6) is -0.210. The molecule has 0 unspecified atom stereocenters. The van der Waals surface area contributed by atoms with Gasteiger partial charge in [0.1, 0.15) is 4.90 Å². The topological polar surface area (TPSA) is 105 Å². The highest BCUT2D eigenvalue weighted by Gasteiger charge is 2.26. The fourth-order valence-corrected chi connectivity index (χ4v) is 6.16. The molecule has 10 heteroatoms. The summed E-state index contributed by atoms with van der Waals surface area (Å²) < 4.78 is 34.3. The van der Waals surface area contributed by atoms with E-state index in [4.69, 9.17) is 4.42 Å². The molecule has 0 bridgehead atoms. The summed E-state index contributed by atoms with van der Waals surface area (Å²) >= 11 is 1.23.